The zero-order chi connectivity index (χ0) is 11.9. The highest BCUT2D eigenvalue weighted by Crippen LogP contribution is 2.37. The van der Waals surface area contributed by atoms with Crippen LogP contribution in [0.2, 0.25) is 0 Å². The Labute approximate surface area is 100 Å². The number of H-pyrrole nitrogens is 1. The van der Waals surface area contributed by atoms with Crippen LogP contribution < -0.4 is 5.73 Å². The molecule has 4 heteroatoms. The van der Waals surface area contributed by atoms with Crippen LogP contribution in [-0.2, 0) is 10.2 Å². The summed E-state index contributed by atoms with van der Waals surface area (Å²) >= 11 is 0. The van der Waals surface area contributed by atoms with Gasteiger partial charge in [-0.15, -0.1) is 0 Å². The van der Waals surface area contributed by atoms with Crippen LogP contribution in [-0.4, -0.2) is 29.2 Å². The fourth-order valence-electron chi connectivity index (χ4n) is 2.63. The van der Waals surface area contributed by atoms with E-state index in [1.54, 1.807) is 6.33 Å². The highest BCUT2D eigenvalue weighted by Gasteiger charge is 2.40. The van der Waals surface area contributed by atoms with Gasteiger partial charge in [0.2, 0.25) is 0 Å². The second-order valence-electron chi connectivity index (χ2n) is 5.09. The van der Waals surface area contributed by atoms with Gasteiger partial charge >= 0.3 is 0 Å². The summed E-state index contributed by atoms with van der Waals surface area (Å²) in [5.74, 6) is 0. The van der Waals surface area contributed by atoms with E-state index in [2.05, 4.69) is 35.1 Å². The number of fused-ring (bicyclic) bond motifs is 1. The van der Waals surface area contributed by atoms with Crippen LogP contribution >= 0.6 is 0 Å². The Balaban J connectivity index is 2.00. The molecule has 2 heterocycles. The van der Waals surface area contributed by atoms with Gasteiger partial charge in [0, 0.05) is 11.5 Å². The van der Waals surface area contributed by atoms with Crippen LogP contribution in [0.3, 0.4) is 0 Å². The van der Waals surface area contributed by atoms with E-state index in [9.17, 15) is 0 Å². The molecule has 90 valence electrons. The van der Waals surface area contributed by atoms with Crippen LogP contribution in [0.25, 0.3) is 11.0 Å². The molecule has 0 saturated carbocycles. The Hall–Kier alpha value is -1.39. The lowest BCUT2D eigenvalue weighted by Gasteiger charge is -2.43. The first kappa shape index (κ1) is 10.7. The summed E-state index contributed by atoms with van der Waals surface area (Å²) in [6, 6.07) is 6.57. The number of nitrogens with two attached hydrogens (primary N) is 1. The van der Waals surface area contributed by atoms with E-state index >= 15 is 0 Å². The lowest BCUT2D eigenvalue weighted by Crippen LogP contribution is -2.49. The molecule has 2 aromatic rings. The zero-order valence-electron chi connectivity index (χ0n) is 9.94. The van der Waals surface area contributed by atoms with Gasteiger partial charge in [-0.05, 0) is 31.0 Å². The molecule has 1 fully saturated rings. The second-order valence-corrected chi connectivity index (χ2v) is 5.09. The molecule has 4 nitrogen and oxygen atoms in total. The van der Waals surface area contributed by atoms with Crippen molar-refractivity contribution >= 4 is 11.0 Å². The monoisotopic (exact) mass is 231 g/mol. The zero-order valence-corrected chi connectivity index (χ0v) is 9.94. The van der Waals surface area contributed by atoms with E-state index < -0.39 is 0 Å². The number of nitrogens with one attached hydrogen (secondary N) is 1. The minimum atomic E-state index is 0.105. The summed E-state index contributed by atoms with van der Waals surface area (Å²) in [6.45, 7) is 3.59. The van der Waals surface area contributed by atoms with Gasteiger partial charge in [-0.25, -0.2) is 4.98 Å². The third-order valence-corrected chi connectivity index (χ3v) is 3.50. The Bertz CT molecular complexity index is 528. The molecule has 0 aliphatic carbocycles. The van der Waals surface area contributed by atoms with E-state index in [4.69, 9.17) is 10.5 Å². The normalized spacial score (nSPS) is 20.1. The topological polar surface area (TPSA) is 63.9 Å². The molecular formula is C13H17N3O. The maximum atomic E-state index is 5.94. The summed E-state index contributed by atoms with van der Waals surface area (Å²) in [7, 11) is 0. The van der Waals surface area contributed by atoms with Crippen LogP contribution in [0.15, 0.2) is 24.5 Å². The Morgan fingerprint density at radius 1 is 1.53 bits per heavy atom. The van der Waals surface area contributed by atoms with Crippen LogP contribution in [0, 0.1) is 0 Å². The highest BCUT2D eigenvalue weighted by molar-refractivity contribution is 5.75. The fraction of sp³-hybridized carbons (Fsp3) is 0.462. The first-order valence-corrected chi connectivity index (χ1v) is 5.97. The lowest BCUT2D eigenvalue weighted by atomic mass is 9.74. The van der Waals surface area contributed by atoms with Crippen molar-refractivity contribution in [3.05, 3.63) is 30.1 Å². The summed E-state index contributed by atoms with van der Waals surface area (Å²) in [6.07, 6.45) is 2.69. The van der Waals surface area contributed by atoms with E-state index in [1.807, 2.05) is 0 Å². The lowest BCUT2D eigenvalue weighted by molar-refractivity contribution is -0.0664. The van der Waals surface area contributed by atoms with Crippen molar-refractivity contribution < 1.29 is 4.74 Å². The molecule has 1 aromatic carbocycles. The second kappa shape index (κ2) is 3.82. The molecule has 1 atom stereocenters. The largest absolute Gasteiger partial charge is 0.379 e. The standard InChI is InChI=1S/C13H17N3O/c1-9(14)5-13(6-17-7-13)10-2-3-11-12(4-10)16-8-15-11/h2-4,8-9H,5-7,14H2,1H3,(H,15,16). The molecule has 0 radical (unpaired) electrons. The van der Waals surface area contributed by atoms with Gasteiger partial charge in [-0.3, -0.25) is 0 Å². The Kier molecular flexibility index (Phi) is 2.42. The summed E-state index contributed by atoms with van der Waals surface area (Å²) in [4.78, 5) is 7.39. The molecule has 1 aromatic heterocycles. The molecule has 0 bridgehead atoms. The van der Waals surface area contributed by atoms with Crippen molar-refractivity contribution in [1.82, 2.24) is 9.97 Å². The van der Waals surface area contributed by atoms with Gasteiger partial charge < -0.3 is 15.5 Å². The smallest absolute Gasteiger partial charge is 0.0931 e. The van der Waals surface area contributed by atoms with E-state index in [0.717, 1.165) is 30.7 Å². The third-order valence-electron chi connectivity index (χ3n) is 3.50. The molecule has 17 heavy (non-hydrogen) atoms. The van der Waals surface area contributed by atoms with Crippen molar-refractivity contribution in [2.24, 2.45) is 5.73 Å². The third kappa shape index (κ3) is 1.73. The quantitative estimate of drug-likeness (QED) is 0.842. The summed E-state index contributed by atoms with van der Waals surface area (Å²) in [5, 5.41) is 0. The van der Waals surface area contributed by atoms with Crippen LogP contribution in [0.4, 0.5) is 0 Å². The van der Waals surface area contributed by atoms with E-state index in [-0.39, 0.29) is 11.5 Å². The van der Waals surface area contributed by atoms with Gasteiger partial charge in [-0.1, -0.05) is 6.07 Å². The number of hydrogen-bond acceptors (Lipinski definition) is 3. The first-order chi connectivity index (χ1) is 8.20. The molecule has 1 unspecified atom stereocenters. The SMILES string of the molecule is CC(N)CC1(c2ccc3nc[nH]c3c2)COC1. The number of hydrogen-bond donors (Lipinski definition) is 2. The number of aromatic amines is 1. The fourth-order valence-corrected chi connectivity index (χ4v) is 2.63. The predicted octanol–water partition coefficient (Wildman–Crippen LogP) is 1.57. The van der Waals surface area contributed by atoms with Gasteiger partial charge in [0.1, 0.15) is 0 Å². The minimum Gasteiger partial charge on any atom is -0.379 e. The average molecular weight is 231 g/mol. The van der Waals surface area contributed by atoms with E-state index in [1.165, 1.54) is 5.56 Å². The van der Waals surface area contributed by atoms with Gasteiger partial charge in [0.25, 0.3) is 0 Å². The van der Waals surface area contributed by atoms with Gasteiger partial charge in [0.15, 0.2) is 0 Å². The molecule has 0 amide bonds. The van der Waals surface area contributed by atoms with Crippen LogP contribution in [0.1, 0.15) is 18.9 Å². The molecule has 0 spiro atoms. The molecule has 3 N–H and O–H groups in total. The number of nitrogens with zero attached hydrogens (tertiary/aromatic N) is 1. The number of benzene rings is 1. The van der Waals surface area contributed by atoms with Gasteiger partial charge in [-0.2, -0.15) is 0 Å². The Morgan fingerprint density at radius 2 is 2.35 bits per heavy atom. The minimum absolute atomic E-state index is 0.105. The number of imidazole rings is 1. The summed E-state index contributed by atoms with van der Waals surface area (Å²) < 4.78 is 5.41. The van der Waals surface area contributed by atoms with Crippen molar-refractivity contribution in [3.8, 4) is 0 Å². The van der Waals surface area contributed by atoms with Crippen molar-refractivity contribution in [2.75, 3.05) is 13.2 Å². The Morgan fingerprint density at radius 3 is 3.00 bits per heavy atom. The molecule has 1 aliphatic rings. The number of ether oxygens (including phenoxy) is 1. The van der Waals surface area contributed by atoms with Gasteiger partial charge in [0.05, 0.1) is 30.6 Å². The molecule has 1 saturated heterocycles. The number of rotatable bonds is 3. The van der Waals surface area contributed by atoms with Crippen molar-refractivity contribution in [3.63, 3.8) is 0 Å². The van der Waals surface area contributed by atoms with E-state index in [0.29, 0.717) is 0 Å². The highest BCUT2D eigenvalue weighted by atomic mass is 16.5. The van der Waals surface area contributed by atoms with Crippen LogP contribution in [0.5, 0.6) is 0 Å². The summed E-state index contributed by atoms with van der Waals surface area (Å²) in [5.41, 5.74) is 9.44. The maximum Gasteiger partial charge on any atom is 0.0931 e. The predicted molar refractivity (Wildman–Crippen MR) is 66.9 cm³/mol. The van der Waals surface area contributed by atoms with Crippen molar-refractivity contribution in [2.45, 2.75) is 24.8 Å². The number of aromatic nitrogens is 2. The molecule has 1 aliphatic heterocycles. The molecular weight excluding hydrogens is 214 g/mol. The average Bonchev–Trinajstić information content (AvgIpc) is 2.69. The first-order valence-electron chi connectivity index (χ1n) is 5.97. The molecule has 3 rings (SSSR count). The maximum absolute atomic E-state index is 5.94. The van der Waals surface area contributed by atoms with Crippen molar-refractivity contribution in [1.29, 1.82) is 0 Å².